The molecule has 1 rings (SSSR count). The summed E-state index contributed by atoms with van der Waals surface area (Å²) in [5.74, 6) is -9.22. The summed E-state index contributed by atoms with van der Waals surface area (Å²) in [6, 6.07) is -6.00. The zero-order valence-corrected chi connectivity index (χ0v) is 44.9. The Kier molecular flexibility index (Phi) is 34.3. The van der Waals surface area contributed by atoms with Gasteiger partial charge >= 0.3 is 5.97 Å². The molecule has 0 aromatic carbocycles. The number of carbonyl (C=O) groups is 11. The first-order chi connectivity index (χ1) is 35.0. The van der Waals surface area contributed by atoms with Gasteiger partial charge in [0.1, 0.15) is 24.4 Å². The van der Waals surface area contributed by atoms with Crippen molar-refractivity contribution >= 4 is 98.4 Å². The number of amides is 7. The number of hydrogen-bond donors (Lipinski definition) is 10. The molecule has 0 aliphatic carbocycles. The Morgan fingerprint density at radius 1 is 0.581 bits per heavy atom. The number of hydrogen-bond acceptors (Lipinski definition) is 23. The third kappa shape index (κ3) is 29.9. The SMILES string of the molecule is CCN1CCN(CC(=O)[O-])CCN(CC(=O)NC(CSSCC(NC(=O)CCC(NC(=O)C(CCC(=O)NC(CSC)C(N)=O)NC(=O)C(CCC(=O)O)NC)C(C)=O)C(N)=O)OCN)CCN(CC(=O)[O-])CC1. The van der Waals surface area contributed by atoms with Gasteiger partial charge in [-0.3, -0.25) is 57.9 Å². The maximum Gasteiger partial charge on any atom is 0.303 e. The molecule has 13 N–H and O–H groups in total. The summed E-state index contributed by atoms with van der Waals surface area (Å²) in [5.41, 5.74) is 16.6. The fraction of sp³-hybridized carbons (Fsp3) is 0.744. The second kappa shape index (κ2) is 37.8. The largest absolute Gasteiger partial charge is 0.549 e. The molecule has 6 atom stereocenters. The van der Waals surface area contributed by atoms with E-state index in [9.17, 15) is 63.0 Å². The quantitative estimate of drug-likeness (QED) is 0.0158. The van der Waals surface area contributed by atoms with Crippen molar-refractivity contribution in [2.24, 2.45) is 17.2 Å². The maximum atomic E-state index is 13.6. The second-order valence-electron chi connectivity index (χ2n) is 17.0. The monoisotopic (exact) mass is 1110 g/mol. The summed E-state index contributed by atoms with van der Waals surface area (Å²) in [7, 11) is 3.67. The van der Waals surface area contributed by atoms with Crippen molar-refractivity contribution in [2.75, 3.05) is 116 Å². The van der Waals surface area contributed by atoms with Crippen LogP contribution < -0.4 is 59.3 Å². The van der Waals surface area contributed by atoms with E-state index in [1.54, 1.807) is 21.0 Å². The number of ketones is 1. The van der Waals surface area contributed by atoms with E-state index < -0.39 is 101 Å². The van der Waals surface area contributed by atoms with Crippen LogP contribution in [0.2, 0.25) is 0 Å². The second-order valence-corrected chi connectivity index (χ2v) is 20.5. The molecule has 422 valence electrons. The van der Waals surface area contributed by atoms with Gasteiger partial charge in [0.25, 0.3) is 0 Å². The molecule has 1 heterocycles. The first-order valence-electron chi connectivity index (χ1n) is 23.8. The van der Waals surface area contributed by atoms with Crippen molar-refractivity contribution in [3.8, 4) is 0 Å². The summed E-state index contributed by atoms with van der Waals surface area (Å²) in [5, 5.41) is 47.5. The maximum absolute atomic E-state index is 13.6. The minimum atomic E-state index is -1.44. The molecule has 6 unspecified atom stereocenters. The molecule has 0 spiro atoms. The third-order valence-corrected chi connectivity index (χ3v) is 14.4. The van der Waals surface area contributed by atoms with Gasteiger partial charge in [-0.15, -0.1) is 0 Å². The average molecular weight is 1110 g/mol. The van der Waals surface area contributed by atoms with Gasteiger partial charge in [0.2, 0.25) is 41.4 Å². The van der Waals surface area contributed by atoms with Gasteiger partial charge in [0, 0.05) is 102 Å². The highest BCUT2D eigenvalue weighted by molar-refractivity contribution is 8.76. The predicted molar refractivity (Wildman–Crippen MR) is 272 cm³/mol. The molecule has 1 aliphatic rings. The predicted octanol–water partition coefficient (Wildman–Crippen LogP) is -7.64. The van der Waals surface area contributed by atoms with Crippen LogP contribution in [0.3, 0.4) is 0 Å². The van der Waals surface area contributed by atoms with E-state index in [0.717, 1.165) is 28.5 Å². The van der Waals surface area contributed by atoms with E-state index in [1.165, 1.54) is 18.8 Å². The van der Waals surface area contributed by atoms with Crippen molar-refractivity contribution in [1.29, 1.82) is 0 Å². The van der Waals surface area contributed by atoms with Crippen LogP contribution in [0.25, 0.3) is 0 Å². The Hall–Kier alpha value is -4.86. The lowest BCUT2D eigenvalue weighted by molar-refractivity contribution is -0.307. The topological polar surface area (TPSA) is 427 Å². The number of carboxylic acids is 3. The molecule has 1 aliphatic heterocycles. The van der Waals surface area contributed by atoms with Crippen molar-refractivity contribution in [3.05, 3.63) is 0 Å². The highest BCUT2D eigenvalue weighted by Crippen LogP contribution is 2.23. The lowest BCUT2D eigenvalue weighted by atomic mass is 10.0. The summed E-state index contributed by atoms with van der Waals surface area (Å²) < 4.78 is 5.53. The number of primary amides is 2. The number of nitrogens with one attached hydrogen (secondary N) is 6. The molecule has 1 fully saturated rings. The van der Waals surface area contributed by atoms with Crippen LogP contribution in [0.15, 0.2) is 0 Å². The Morgan fingerprint density at radius 2 is 1.01 bits per heavy atom. The molecule has 1 saturated heterocycles. The van der Waals surface area contributed by atoms with Crippen LogP contribution in [-0.4, -0.2) is 242 Å². The smallest absolute Gasteiger partial charge is 0.303 e. The molecular formula is C43H75N13O15S3-2. The van der Waals surface area contributed by atoms with Gasteiger partial charge < -0.3 is 83.6 Å². The van der Waals surface area contributed by atoms with Crippen LogP contribution in [0, 0.1) is 0 Å². The molecule has 0 aromatic heterocycles. The molecule has 28 nitrogen and oxygen atoms in total. The first-order valence-corrected chi connectivity index (χ1v) is 27.7. The van der Waals surface area contributed by atoms with Gasteiger partial charge in [-0.05, 0) is 46.0 Å². The number of ether oxygens (including phenoxy) is 1. The van der Waals surface area contributed by atoms with Crippen LogP contribution >= 0.6 is 33.3 Å². The standard InChI is InChI=1S/C43H77N13O15S3/c1-5-53-12-14-55(21-38(63)64)18-16-54(17-19-56(15-13-53)22-39(65)66)20-35(60)52-36(71-26-44)25-74-73-24-32(41(46)68)49-33(58)9-6-28(27(2)57)50-43(70)30(51-42(69)29(47-3)8-11-37(61)62)7-10-34(59)48-31(23-72-4)40(45)67/h28-32,36,47H,5-26,44H2,1-4H3,(H2,45,67)(H2,46,68)(H,48,59)(H,49,58)(H,50,70)(H,51,69)(H,52,60)(H,61,62)(H,63,64)(H,65,66)/p-2. The van der Waals surface area contributed by atoms with E-state index in [0.29, 0.717) is 32.7 Å². The highest BCUT2D eigenvalue weighted by Gasteiger charge is 2.30. The molecule has 0 bridgehead atoms. The van der Waals surface area contributed by atoms with E-state index in [4.69, 9.17) is 27.0 Å². The lowest BCUT2D eigenvalue weighted by Crippen LogP contribution is -2.55. The van der Waals surface area contributed by atoms with Crippen molar-refractivity contribution in [3.63, 3.8) is 0 Å². The van der Waals surface area contributed by atoms with Gasteiger partial charge in [-0.1, -0.05) is 28.5 Å². The number of thioether (sulfide) groups is 1. The lowest BCUT2D eigenvalue weighted by Gasteiger charge is -2.34. The van der Waals surface area contributed by atoms with Gasteiger partial charge in [0.05, 0.1) is 37.3 Å². The van der Waals surface area contributed by atoms with E-state index in [-0.39, 0.29) is 108 Å². The van der Waals surface area contributed by atoms with E-state index >= 15 is 0 Å². The molecule has 7 amide bonds. The Balaban J connectivity index is 2.96. The van der Waals surface area contributed by atoms with Crippen LogP contribution in [0.1, 0.15) is 52.4 Å². The number of likely N-dealkylation sites (N-methyl/N-ethyl adjacent to an activating group) is 2. The number of aliphatic carboxylic acids is 3. The van der Waals surface area contributed by atoms with Crippen LogP contribution in [0.5, 0.6) is 0 Å². The van der Waals surface area contributed by atoms with E-state index in [1.807, 2.05) is 6.92 Å². The van der Waals surface area contributed by atoms with Crippen LogP contribution in [-0.2, 0) is 57.5 Å². The number of carboxylic acid groups (broad SMARTS) is 3. The van der Waals surface area contributed by atoms with Gasteiger partial charge in [0.15, 0.2) is 5.78 Å². The molecule has 0 saturated carbocycles. The minimum absolute atomic E-state index is 0.0527. The summed E-state index contributed by atoms with van der Waals surface area (Å²) in [6.07, 6.45) is -1.11. The molecule has 31 heteroatoms. The molecule has 0 radical (unpaired) electrons. The van der Waals surface area contributed by atoms with Crippen molar-refractivity contribution in [2.45, 2.75) is 88.8 Å². The number of Topliss-reactive ketones (excluding diaryl/α,β-unsaturated/α-hetero) is 1. The average Bonchev–Trinajstić information content (AvgIpc) is 3.31. The molecular weight excluding hydrogens is 1030 g/mol. The number of carbonyl (C=O) groups excluding carboxylic acids is 10. The number of rotatable bonds is 36. The summed E-state index contributed by atoms with van der Waals surface area (Å²) in [6.45, 7) is 5.69. The number of nitrogens with zero attached hydrogens (tertiary/aromatic N) is 4. The zero-order valence-electron chi connectivity index (χ0n) is 42.4. The van der Waals surface area contributed by atoms with Crippen molar-refractivity contribution < 1.29 is 72.8 Å². The molecule has 0 aromatic rings. The first kappa shape index (κ1) is 67.2. The van der Waals surface area contributed by atoms with E-state index in [2.05, 4.69) is 36.8 Å². The van der Waals surface area contributed by atoms with Crippen molar-refractivity contribution in [1.82, 2.24) is 51.5 Å². The molecule has 74 heavy (non-hydrogen) atoms. The Morgan fingerprint density at radius 3 is 1.45 bits per heavy atom. The van der Waals surface area contributed by atoms with Gasteiger partial charge in [-0.2, -0.15) is 11.8 Å². The van der Waals surface area contributed by atoms with Gasteiger partial charge in [-0.25, -0.2) is 0 Å². The summed E-state index contributed by atoms with van der Waals surface area (Å²) >= 11 is 1.25. The third-order valence-electron chi connectivity index (χ3n) is 11.4. The summed E-state index contributed by atoms with van der Waals surface area (Å²) in [4.78, 5) is 144. The fourth-order valence-corrected chi connectivity index (χ4v) is 9.96. The fourth-order valence-electron chi connectivity index (χ4n) is 7.14. The number of nitrogens with two attached hydrogens (primary N) is 3. The Bertz CT molecular complexity index is 1830. The van der Waals surface area contributed by atoms with Crippen LogP contribution in [0.4, 0.5) is 0 Å². The normalized spacial score (nSPS) is 16.8. The Labute approximate surface area is 442 Å². The zero-order chi connectivity index (χ0) is 55.8. The highest BCUT2D eigenvalue weighted by atomic mass is 33.1. The minimum Gasteiger partial charge on any atom is -0.549 e.